The number of nitrogens with one attached hydrogen (secondary N) is 2. The first kappa shape index (κ1) is 31.6. The van der Waals surface area contributed by atoms with Crippen LogP contribution >= 0.6 is 11.8 Å². The lowest BCUT2D eigenvalue weighted by Gasteiger charge is -2.35. The number of piperazine rings is 1. The molecule has 0 saturated carbocycles. The number of amidine groups is 1. The summed E-state index contributed by atoms with van der Waals surface area (Å²) in [4.78, 5) is 31.8. The summed E-state index contributed by atoms with van der Waals surface area (Å²) in [5, 5.41) is 11.3. The summed E-state index contributed by atoms with van der Waals surface area (Å²) in [6.45, 7) is 6.71. The number of aliphatic imine (C=N–C) groups is 1. The monoisotopic (exact) mass is 638 g/mol. The van der Waals surface area contributed by atoms with E-state index in [4.69, 9.17) is 0 Å². The maximum atomic E-state index is 13.6. The molecule has 0 spiro atoms. The minimum Gasteiger partial charge on any atom is -0.350 e. The third-order valence-corrected chi connectivity index (χ3v) is 7.94. The van der Waals surface area contributed by atoms with Crippen molar-refractivity contribution in [1.82, 2.24) is 25.3 Å². The van der Waals surface area contributed by atoms with Crippen LogP contribution in [0.3, 0.4) is 0 Å². The van der Waals surface area contributed by atoms with Gasteiger partial charge in [0.05, 0.1) is 34.3 Å². The van der Waals surface area contributed by atoms with Crippen molar-refractivity contribution in [3.05, 3.63) is 69.8 Å². The van der Waals surface area contributed by atoms with Crippen LogP contribution in [0.2, 0.25) is 0 Å². The summed E-state index contributed by atoms with van der Waals surface area (Å²) in [7, 11) is 0. The lowest BCUT2D eigenvalue weighted by atomic mass is 10.0. The topological polar surface area (TPSA) is 91.6 Å². The van der Waals surface area contributed by atoms with E-state index in [1.807, 2.05) is 25.7 Å². The summed E-state index contributed by atoms with van der Waals surface area (Å²) in [6, 6.07) is 6.06. The summed E-state index contributed by atoms with van der Waals surface area (Å²) in [5.41, 5.74) is -2.43. The van der Waals surface area contributed by atoms with E-state index in [1.54, 1.807) is 24.3 Å². The van der Waals surface area contributed by atoms with Crippen molar-refractivity contribution in [2.75, 3.05) is 19.6 Å². The average molecular weight is 639 g/mol. The molecule has 1 unspecified atom stereocenters. The fraction of sp³-hybridized carbons (Fsp3) is 0.379. The summed E-state index contributed by atoms with van der Waals surface area (Å²) in [6.07, 6.45) is -6.83. The van der Waals surface area contributed by atoms with Crippen molar-refractivity contribution < 1.29 is 35.9 Å². The Balaban J connectivity index is 1.31. The van der Waals surface area contributed by atoms with Crippen LogP contribution in [-0.2, 0) is 28.5 Å². The van der Waals surface area contributed by atoms with Gasteiger partial charge in [-0.1, -0.05) is 12.1 Å². The zero-order valence-corrected chi connectivity index (χ0v) is 24.6. The standard InChI is InChI=1S/C29H28F6N6O2S/c1-27(2,3)39-24(42)21-15-40(9-8-36-21)26-38-25(43)23(44-26)11-16-4-7-22-18(10-16)13-37-41(22)14-17-5-6-19(28(30,31)32)12-20(17)29(33,34)35/h4-7,10-13,21,36H,8-9,14-15H2,1-3H3,(H,39,42). The fourth-order valence-corrected chi connectivity index (χ4v) is 5.83. The van der Waals surface area contributed by atoms with Gasteiger partial charge in [0.25, 0.3) is 5.91 Å². The van der Waals surface area contributed by atoms with Crippen molar-refractivity contribution in [2.24, 2.45) is 4.99 Å². The highest BCUT2D eigenvalue weighted by Crippen LogP contribution is 2.38. The van der Waals surface area contributed by atoms with Gasteiger partial charge in [0, 0.05) is 30.6 Å². The molecule has 8 nitrogen and oxygen atoms in total. The molecule has 1 aromatic heterocycles. The van der Waals surface area contributed by atoms with Crippen LogP contribution in [0.1, 0.15) is 43.0 Å². The molecular formula is C29H28F6N6O2S. The number of fused-ring (bicyclic) bond motifs is 1. The minimum absolute atomic E-state index is 0.110. The molecule has 0 bridgehead atoms. The third-order valence-electron chi connectivity index (χ3n) is 6.90. The van der Waals surface area contributed by atoms with Crippen molar-refractivity contribution in [1.29, 1.82) is 0 Å². The molecule has 2 amide bonds. The molecule has 1 saturated heterocycles. The number of hydrogen-bond acceptors (Lipinski definition) is 6. The lowest BCUT2D eigenvalue weighted by Crippen LogP contribution is -2.60. The Hall–Kier alpha value is -3.85. The number of hydrogen-bond donors (Lipinski definition) is 2. The Morgan fingerprint density at radius 3 is 2.52 bits per heavy atom. The van der Waals surface area contributed by atoms with Gasteiger partial charge in [0.2, 0.25) is 5.91 Å². The van der Waals surface area contributed by atoms with Crippen molar-refractivity contribution in [2.45, 2.75) is 51.2 Å². The first-order chi connectivity index (χ1) is 20.5. The molecule has 3 aromatic rings. The van der Waals surface area contributed by atoms with Crippen LogP contribution in [0.5, 0.6) is 0 Å². The number of thioether (sulfide) groups is 1. The maximum Gasteiger partial charge on any atom is 0.416 e. The number of nitrogens with zero attached hydrogens (tertiary/aromatic N) is 4. The largest absolute Gasteiger partial charge is 0.416 e. The second kappa shape index (κ2) is 11.6. The van der Waals surface area contributed by atoms with E-state index in [0.29, 0.717) is 52.2 Å². The Kier molecular flexibility index (Phi) is 8.31. The Morgan fingerprint density at radius 2 is 1.84 bits per heavy atom. The molecule has 1 atom stereocenters. The van der Waals surface area contributed by atoms with Gasteiger partial charge in [0.1, 0.15) is 6.04 Å². The molecule has 234 valence electrons. The van der Waals surface area contributed by atoms with Crippen molar-refractivity contribution in [3.63, 3.8) is 0 Å². The molecule has 1 fully saturated rings. The molecule has 2 aromatic carbocycles. The highest BCUT2D eigenvalue weighted by molar-refractivity contribution is 8.18. The van der Waals surface area contributed by atoms with Crippen molar-refractivity contribution >= 4 is 45.7 Å². The third kappa shape index (κ3) is 7.09. The molecule has 0 aliphatic carbocycles. The van der Waals surface area contributed by atoms with Gasteiger partial charge in [-0.25, -0.2) is 0 Å². The fourth-order valence-electron chi connectivity index (χ4n) is 4.88. The first-order valence-corrected chi connectivity index (χ1v) is 14.4. The van der Waals surface area contributed by atoms with Gasteiger partial charge in [-0.2, -0.15) is 36.4 Å². The molecule has 2 aliphatic rings. The van der Waals surface area contributed by atoms with Crippen LogP contribution in [0.4, 0.5) is 26.3 Å². The van der Waals surface area contributed by atoms with E-state index in [0.717, 1.165) is 6.07 Å². The Bertz CT molecular complexity index is 1670. The Labute approximate surface area is 252 Å². The summed E-state index contributed by atoms with van der Waals surface area (Å²) in [5.74, 6) is -0.577. The number of alkyl halides is 6. The average Bonchev–Trinajstić information content (AvgIpc) is 3.49. The highest BCUT2D eigenvalue weighted by Gasteiger charge is 2.38. The van der Waals surface area contributed by atoms with E-state index in [-0.39, 0.29) is 17.5 Å². The smallest absolute Gasteiger partial charge is 0.350 e. The van der Waals surface area contributed by atoms with Gasteiger partial charge in [-0.3, -0.25) is 14.3 Å². The van der Waals surface area contributed by atoms with Gasteiger partial charge < -0.3 is 15.5 Å². The molecule has 0 radical (unpaired) electrons. The molecule has 5 rings (SSSR count). The predicted octanol–water partition coefficient (Wildman–Crippen LogP) is 5.28. The summed E-state index contributed by atoms with van der Waals surface area (Å²) >= 11 is 1.19. The zero-order valence-electron chi connectivity index (χ0n) is 23.8. The second-order valence-corrected chi connectivity index (χ2v) is 12.5. The van der Waals surface area contributed by atoms with Crippen LogP contribution in [0.15, 0.2) is 52.5 Å². The summed E-state index contributed by atoms with van der Waals surface area (Å²) < 4.78 is 81.3. The number of halogens is 6. The number of aromatic nitrogens is 2. The molecule has 3 heterocycles. The predicted molar refractivity (Wildman–Crippen MR) is 155 cm³/mol. The van der Waals surface area contributed by atoms with Crippen LogP contribution < -0.4 is 10.6 Å². The van der Waals surface area contributed by atoms with Gasteiger partial charge in [-0.05, 0) is 74.0 Å². The number of benzene rings is 2. The number of carbonyl (C=O) groups is 2. The van der Waals surface area contributed by atoms with E-state index in [1.165, 1.54) is 22.6 Å². The second-order valence-electron chi connectivity index (χ2n) is 11.5. The van der Waals surface area contributed by atoms with Crippen LogP contribution in [0, 0.1) is 0 Å². The molecular weight excluding hydrogens is 610 g/mol. The maximum absolute atomic E-state index is 13.6. The number of rotatable bonds is 4. The molecule has 44 heavy (non-hydrogen) atoms. The normalized spacial score (nSPS) is 19.2. The highest BCUT2D eigenvalue weighted by atomic mass is 32.2. The SMILES string of the molecule is CC(C)(C)NC(=O)C1CN(C2=NC(=O)C(=Cc3ccc4c(cnn4Cc4ccc(C(F)(F)F)cc4C(F)(F)F)c3)S2)CCN1. The van der Waals surface area contributed by atoms with E-state index < -0.39 is 47.5 Å². The van der Waals surface area contributed by atoms with Crippen LogP contribution in [0.25, 0.3) is 17.0 Å². The molecule has 15 heteroatoms. The quantitative estimate of drug-likeness (QED) is 0.299. The van der Waals surface area contributed by atoms with Gasteiger partial charge >= 0.3 is 12.4 Å². The minimum atomic E-state index is -4.99. The Morgan fingerprint density at radius 1 is 1.09 bits per heavy atom. The van der Waals surface area contributed by atoms with Crippen LogP contribution in [-0.4, -0.2) is 62.9 Å². The van der Waals surface area contributed by atoms with Crippen molar-refractivity contribution in [3.8, 4) is 0 Å². The number of carbonyl (C=O) groups excluding carboxylic acids is 2. The number of amides is 2. The first-order valence-electron chi connectivity index (χ1n) is 13.5. The molecule has 2 N–H and O–H groups in total. The molecule has 2 aliphatic heterocycles. The lowest BCUT2D eigenvalue weighted by molar-refractivity contribution is -0.143. The van der Waals surface area contributed by atoms with E-state index in [9.17, 15) is 35.9 Å². The van der Waals surface area contributed by atoms with Gasteiger partial charge in [-0.15, -0.1) is 0 Å². The van der Waals surface area contributed by atoms with E-state index >= 15 is 0 Å². The van der Waals surface area contributed by atoms with E-state index in [2.05, 4.69) is 20.7 Å². The van der Waals surface area contributed by atoms with Gasteiger partial charge in [0.15, 0.2) is 5.17 Å². The zero-order chi connectivity index (χ0) is 32.0.